The predicted octanol–water partition coefficient (Wildman–Crippen LogP) is 0.260. The van der Waals surface area contributed by atoms with E-state index in [0.717, 1.165) is 0 Å². The molecule has 0 aromatic carbocycles. The summed E-state index contributed by atoms with van der Waals surface area (Å²) in [5, 5.41) is 13.0. The Kier molecular flexibility index (Phi) is 2.82. The largest absolute Gasteiger partial charge is 0.340 e. The van der Waals surface area contributed by atoms with Gasteiger partial charge in [0, 0.05) is 6.20 Å². The van der Waals surface area contributed by atoms with Crippen LogP contribution in [0.5, 0.6) is 0 Å². The predicted molar refractivity (Wildman–Crippen MR) is 58.9 cm³/mol. The highest BCUT2D eigenvalue weighted by Crippen LogP contribution is 2.16. The molecule has 2 N–H and O–H groups in total. The van der Waals surface area contributed by atoms with E-state index in [-0.39, 0.29) is 5.91 Å². The molecule has 1 amide bonds. The molecule has 0 aliphatic heterocycles. The topological polar surface area (TPSA) is 96.5 Å². The van der Waals surface area contributed by atoms with E-state index in [1.54, 1.807) is 12.3 Å². The molecule has 0 fully saturated rings. The number of carbonyl (C=O) groups is 1. The normalized spacial score (nSPS) is 11.2. The average Bonchev–Trinajstić information content (AvgIpc) is 2.84. The van der Waals surface area contributed by atoms with Gasteiger partial charge >= 0.3 is 0 Å². The number of aromatic amines is 1. The van der Waals surface area contributed by atoms with Crippen LogP contribution >= 0.6 is 0 Å². The first-order valence-electron chi connectivity index (χ1n) is 5.04. The Morgan fingerprint density at radius 1 is 1.47 bits per heavy atom. The third-order valence-corrected chi connectivity index (χ3v) is 2.30. The van der Waals surface area contributed by atoms with Crippen molar-refractivity contribution in [1.82, 2.24) is 30.7 Å². The molecular weight excluding hydrogens is 220 g/mol. The van der Waals surface area contributed by atoms with E-state index in [1.807, 2.05) is 13.8 Å². The number of nitrogens with zero attached hydrogens (tertiary/aromatic N) is 4. The Morgan fingerprint density at radius 2 is 2.29 bits per heavy atom. The number of rotatable bonds is 3. The Hall–Kier alpha value is -2.31. The molecule has 7 heteroatoms. The molecule has 0 bridgehead atoms. The molecule has 0 saturated carbocycles. The lowest BCUT2D eigenvalue weighted by molar-refractivity contribution is 0.0905. The van der Waals surface area contributed by atoms with Crippen LogP contribution in [0.25, 0.3) is 0 Å². The van der Waals surface area contributed by atoms with Gasteiger partial charge in [-0.3, -0.25) is 4.79 Å². The van der Waals surface area contributed by atoms with Gasteiger partial charge in [0.25, 0.3) is 5.91 Å². The van der Waals surface area contributed by atoms with Crippen LogP contribution in [0.3, 0.4) is 0 Å². The van der Waals surface area contributed by atoms with E-state index in [2.05, 4.69) is 30.7 Å². The lowest BCUT2D eigenvalue weighted by Gasteiger charge is -2.23. The zero-order chi connectivity index (χ0) is 12.3. The standard InChI is InChI=1S/C10H12N6O/c1-10(2,8-5-13-16-15-8)14-9(17)7-3-4-11-6-12-7/h3-6H,1-2H3,(H,14,17)(H,13,15,16). The minimum absolute atomic E-state index is 0.277. The average molecular weight is 232 g/mol. The summed E-state index contributed by atoms with van der Waals surface area (Å²) < 4.78 is 0. The van der Waals surface area contributed by atoms with E-state index >= 15 is 0 Å². The summed E-state index contributed by atoms with van der Waals surface area (Å²) in [6.07, 6.45) is 4.42. The van der Waals surface area contributed by atoms with E-state index in [0.29, 0.717) is 11.4 Å². The highest BCUT2D eigenvalue weighted by molar-refractivity contribution is 5.92. The molecule has 0 unspecified atom stereocenters. The van der Waals surface area contributed by atoms with Crippen LogP contribution < -0.4 is 5.32 Å². The maximum absolute atomic E-state index is 11.9. The van der Waals surface area contributed by atoms with Crippen molar-refractivity contribution in [2.24, 2.45) is 0 Å². The monoisotopic (exact) mass is 232 g/mol. The van der Waals surface area contributed by atoms with Gasteiger partial charge in [-0.05, 0) is 19.9 Å². The van der Waals surface area contributed by atoms with E-state index < -0.39 is 5.54 Å². The molecule has 2 rings (SSSR count). The number of amides is 1. The summed E-state index contributed by atoms with van der Waals surface area (Å²) in [6.45, 7) is 3.67. The second-order valence-corrected chi connectivity index (χ2v) is 4.03. The number of carbonyl (C=O) groups excluding carboxylic acids is 1. The molecule has 2 aromatic rings. The van der Waals surface area contributed by atoms with Gasteiger partial charge in [-0.25, -0.2) is 9.97 Å². The van der Waals surface area contributed by atoms with Crippen LogP contribution in [0.2, 0.25) is 0 Å². The number of aromatic nitrogens is 5. The first-order valence-corrected chi connectivity index (χ1v) is 5.04. The van der Waals surface area contributed by atoms with Crippen molar-refractivity contribution >= 4 is 5.91 Å². The van der Waals surface area contributed by atoms with Gasteiger partial charge in [0.2, 0.25) is 0 Å². The summed E-state index contributed by atoms with van der Waals surface area (Å²) in [5.74, 6) is -0.277. The molecule has 2 heterocycles. The summed E-state index contributed by atoms with van der Waals surface area (Å²) in [6, 6.07) is 1.55. The van der Waals surface area contributed by atoms with Crippen molar-refractivity contribution in [2.75, 3.05) is 0 Å². The molecule has 0 atom stereocenters. The SMILES string of the molecule is CC(C)(NC(=O)c1ccncn1)c1cn[nH]n1. The van der Waals surface area contributed by atoms with Crippen molar-refractivity contribution in [3.8, 4) is 0 Å². The maximum atomic E-state index is 11.9. The summed E-state index contributed by atoms with van der Waals surface area (Å²) in [4.78, 5) is 19.5. The van der Waals surface area contributed by atoms with E-state index in [9.17, 15) is 4.79 Å². The van der Waals surface area contributed by atoms with Crippen molar-refractivity contribution in [2.45, 2.75) is 19.4 Å². The highest BCUT2D eigenvalue weighted by Gasteiger charge is 2.26. The van der Waals surface area contributed by atoms with Crippen molar-refractivity contribution < 1.29 is 4.79 Å². The van der Waals surface area contributed by atoms with Gasteiger partial charge in [0.05, 0.1) is 11.7 Å². The zero-order valence-electron chi connectivity index (χ0n) is 9.51. The van der Waals surface area contributed by atoms with E-state index in [1.165, 1.54) is 12.5 Å². The molecule has 0 radical (unpaired) electrons. The van der Waals surface area contributed by atoms with Crippen LogP contribution in [0, 0.1) is 0 Å². The van der Waals surface area contributed by atoms with Crippen LogP contribution in [-0.2, 0) is 5.54 Å². The van der Waals surface area contributed by atoms with Crippen molar-refractivity contribution in [3.63, 3.8) is 0 Å². The van der Waals surface area contributed by atoms with Gasteiger partial charge in [0.1, 0.15) is 17.7 Å². The summed E-state index contributed by atoms with van der Waals surface area (Å²) in [7, 11) is 0. The molecule has 0 aliphatic rings. The number of nitrogens with one attached hydrogen (secondary N) is 2. The first-order chi connectivity index (χ1) is 8.09. The molecule has 88 valence electrons. The van der Waals surface area contributed by atoms with Gasteiger partial charge < -0.3 is 5.32 Å². The lowest BCUT2D eigenvalue weighted by atomic mass is 10.0. The van der Waals surface area contributed by atoms with Crippen LogP contribution in [-0.4, -0.2) is 31.3 Å². The third-order valence-electron chi connectivity index (χ3n) is 2.30. The Balaban J connectivity index is 2.14. The molecular formula is C10H12N6O. The maximum Gasteiger partial charge on any atom is 0.270 e. The fraction of sp³-hybridized carbons (Fsp3) is 0.300. The van der Waals surface area contributed by atoms with Crippen LogP contribution in [0.15, 0.2) is 24.8 Å². The van der Waals surface area contributed by atoms with Gasteiger partial charge in [-0.2, -0.15) is 15.4 Å². The van der Waals surface area contributed by atoms with Gasteiger partial charge in [-0.15, -0.1) is 0 Å². The van der Waals surface area contributed by atoms with E-state index in [4.69, 9.17) is 0 Å². The van der Waals surface area contributed by atoms with Crippen molar-refractivity contribution in [1.29, 1.82) is 0 Å². The fourth-order valence-electron chi connectivity index (χ4n) is 1.34. The van der Waals surface area contributed by atoms with Gasteiger partial charge in [-0.1, -0.05) is 0 Å². The number of H-pyrrole nitrogens is 1. The quantitative estimate of drug-likeness (QED) is 0.791. The zero-order valence-corrected chi connectivity index (χ0v) is 9.51. The lowest BCUT2D eigenvalue weighted by Crippen LogP contribution is -2.41. The molecule has 0 aliphatic carbocycles. The molecule has 17 heavy (non-hydrogen) atoms. The van der Waals surface area contributed by atoms with Gasteiger partial charge in [0.15, 0.2) is 0 Å². The summed E-state index contributed by atoms with van der Waals surface area (Å²) in [5.41, 5.74) is 0.353. The molecule has 2 aromatic heterocycles. The van der Waals surface area contributed by atoms with Crippen LogP contribution in [0.4, 0.5) is 0 Å². The van der Waals surface area contributed by atoms with Crippen molar-refractivity contribution in [3.05, 3.63) is 36.2 Å². The van der Waals surface area contributed by atoms with Crippen LogP contribution in [0.1, 0.15) is 30.0 Å². The number of hydrogen-bond donors (Lipinski definition) is 2. The second-order valence-electron chi connectivity index (χ2n) is 4.03. The Morgan fingerprint density at radius 3 is 2.88 bits per heavy atom. The molecule has 0 saturated heterocycles. The molecule has 7 nitrogen and oxygen atoms in total. The summed E-state index contributed by atoms with van der Waals surface area (Å²) >= 11 is 0. The highest BCUT2D eigenvalue weighted by atomic mass is 16.2. The second kappa shape index (κ2) is 4.28. The fourth-order valence-corrected chi connectivity index (χ4v) is 1.34. The Labute approximate surface area is 97.7 Å². The minimum Gasteiger partial charge on any atom is -0.340 e. The molecule has 0 spiro atoms. The minimum atomic E-state index is -0.616. The smallest absolute Gasteiger partial charge is 0.270 e. The Bertz CT molecular complexity index is 493. The number of hydrogen-bond acceptors (Lipinski definition) is 5. The third kappa shape index (κ3) is 2.44. The first kappa shape index (κ1) is 11.2.